The van der Waals surface area contributed by atoms with Crippen molar-refractivity contribution in [3.63, 3.8) is 0 Å². The monoisotopic (exact) mass is 795 g/mol. The molecule has 7 N–H and O–H groups in total. The van der Waals surface area contributed by atoms with Gasteiger partial charge in [0.25, 0.3) is 8.81 Å². The van der Waals surface area contributed by atoms with Gasteiger partial charge >= 0.3 is 8.25 Å². The minimum Gasteiger partial charge on any atom is -0.387 e. The number of nitrogens with two attached hydrogens (primary N) is 2. The van der Waals surface area contributed by atoms with Crippen LogP contribution in [0.2, 0.25) is 0 Å². The van der Waals surface area contributed by atoms with Gasteiger partial charge in [0.2, 0.25) is 5.95 Å². The minimum absolute atomic E-state index is 0.0242. The predicted octanol–water partition coefficient (Wildman–Crippen LogP) is 4.75. The van der Waals surface area contributed by atoms with E-state index < -0.39 is 59.8 Å². The van der Waals surface area contributed by atoms with E-state index in [0.29, 0.717) is 13.0 Å². The average molecular weight is 797 g/mol. The number of carbonyl (C=O) groups is 1. The number of hydrogen-bond donors (Lipinski definition) is 5. The van der Waals surface area contributed by atoms with Gasteiger partial charge in [-0.2, -0.15) is 4.98 Å². The summed E-state index contributed by atoms with van der Waals surface area (Å²) in [6.45, 7) is 4.12. The van der Waals surface area contributed by atoms with Crippen molar-refractivity contribution in [3.8, 4) is 0 Å². The van der Waals surface area contributed by atoms with Crippen LogP contribution >= 0.6 is 66.4 Å². The lowest BCUT2D eigenvalue weighted by Crippen LogP contribution is -2.48. The first-order chi connectivity index (χ1) is 22.4. The van der Waals surface area contributed by atoms with E-state index in [1.165, 1.54) is 5.56 Å². The SMILES string of the molecule is CCC(C)(C)C(=O)SCCO[P+](=O)OC[C@@]1(CF)O[C@@H](n2cnc3c(=O)[nH]c(N)nc32)[C@H](O)[C@@H]1O.ClC(Cl)(Cl)Cl.NCc1ccccc1. The van der Waals surface area contributed by atoms with E-state index in [2.05, 4.69) is 15.0 Å². The summed E-state index contributed by atoms with van der Waals surface area (Å²) >= 11 is 20.4. The van der Waals surface area contributed by atoms with Crippen LogP contribution in [0, 0.1) is 5.41 Å². The number of nitrogens with zero attached hydrogens (tertiary/aromatic N) is 3. The third-order valence-electron chi connectivity index (χ3n) is 6.90. The summed E-state index contributed by atoms with van der Waals surface area (Å²) in [6, 6.07) is 9.99. The van der Waals surface area contributed by atoms with E-state index in [0.717, 1.165) is 22.7 Å². The first-order valence-corrected chi connectivity index (χ1v) is 17.7. The van der Waals surface area contributed by atoms with Crippen LogP contribution in [-0.2, 0) is 29.7 Å². The summed E-state index contributed by atoms with van der Waals surface area (Å²) < 4.78 is 41.4. The van der Waals surface area contributed by atoms with Gasteiger partial charge in [0.1, 0.15) is 32.1 Å². The molecule has 0 amide bonds. The van der Waals surface area contributed by atoms with E-state index in [9.17, 15) is 28.8 Å². The molecule has 1 saturated heterocycles. The van der Waals surface area contributed by atoms with Crippen LogP contribution < -0.4 is 17.0 Å². The number of anilines is 1. The zero-order chi connectivity index (χ0) is 36.3. The Bertz CT molecular complexity index is 1550. The lowest BCUT2D eigenvalue weighted by molar-refractivity contribution is -0.132. The van der Waals surface area contributed by atoms with Crippen molar-refractivity contribution in [2.75, 3.05) is 31.4 Å². The quantitative estimate of drug-likeness (QED) is 0.0952. The first kappa shape index (κ1) is 42.5. The molecule has 21 heteroatoms. The first-order valence-electron chi connectivity index (χ1n) is 14.1. The standard InChI is InChI=1S/C19H27FN5O8PS.C7H9N.CCl4/c1-4-18(2,3)16(29)35-6-5-31-34(30)32-8-19(7-20)12(27)11(26)15(33-19)25-9-22-10-13(25)23-17(21)24-14(10)28;8-6-7-4-2-1-3-5-7;2-1(3,4)5/h9,11-12,15,26-27H,4-8H2,1-3H3,(H2-,21,23,24,28);1-5H,6,8H2;/p+1/t11-,12+,15-,19-;;/m1../s1. The molecule has 5 atom stereocenters. The Balaban J connectivity index is 0.000000513. The van der Waals surface area contributed by atoms with E-state index in [4.69, 9.17) is 71.7 Å². The molecule has 0 radical (unpaired) electrons. The molecule has 48 heavy (non-hydrogen) atoms. The number of nitrogens with one attached hydrogen (secondary N) is 1. The summed E-state index contributed by atoms with van der Waals surface area (Å²) in [6.07, 6.45) is -3.05. The Hall–Kier alpha value is -1.66. The van der Waals surface area contributed by atoms with E-state index in [1.54, 1.807) is 0 Å². The second-order valence-corrected chi connectivity index (χ2v) is 16.2. The van der Waals surface area contributed by atoms with Crippen LogP contribution in [0.4, 0.5) is 10.3 Å². The number of hydrogen-bond acceptors (Lipinski definition) is 13. The van der Waals surface area contributed by atoms with Crippen LogP contribution in [0.25, 0.3) is 11.2 Å². The third kappa shape index (κ3) is 12.6. The topological polar surface area (TPSA) is 218 Å². The number of alkyl halides is 5. The number of halogens is 5. The highest BCUT2D eigenvalue weighted by Crippen LogP contribution is 2.41. The number of aromatic nitrogens is 4. The molecule has 0 saturated carbocycles. The fraction of sp³-hybridized carbons (Fsp3) is 0.556. The molecular weight excluding hydrogens is 760 g/mol. The molecule has 0 aliphatic carbocycles. The second kappa shape index (κ2) is 19.1. The highest BCUT2D eigenvalue weighted by molar-refractivity contribution is 8.13. The van der Waals surface area contributed by atoms with Gasteiger partial charge in [-0.25, -0.2) is 9.37 Å². The van der Waals surface area contributed by atoms with Gasteiger partial charge in [0, 0.05) is 22.3 Å². The molecule has 1 aliphatic rings. The van der Waals surface area contributed by atoms with Crippen molar-refractivity contribution in [1.82, 2.24) is 19.5 Å². The second-order valence-electron chi connectivity index (χ2n) is 10.7. The molecule has 3 aromatic rings. The van der Waals surface area contributed by atoms with Crippen LogP contribution in [-0.4, -0.2) is 81.5 Å². The van der Waals surface area contributed by atoms with Gasteiger partial charge in [-0.1, -0.05) is 109 Å². The van der Waals surface area contributed by atoms with E-state index >= 15 is 0 Å². The van der Waals surface area contributed by atoms with Crippen molar-refractivity contribution >= 4 is 88.6 Å². The van der Waals surface area contributed by atoms with Crippen LogP contribution in [0.15, 0.2) is 41.5 Å². The number of rotatable bonds is 12. The fourth-order valence-corrected chi connectivity index (χ4v) is 5.51. The highest BCUT2D eigenvalue weighted by atomic mass is 35.6. The van der Waals surface area contributed by atoms with E-state index in [-0.39, 0.29) is 34.6 Å². The number of carbonyl (C=O) groups excluding carboxylic acids is 1. The maximum absolute atomic E-state index is 14.1. The zero-order valence-electron chi connectivity index (χ0n) is 26.0. The summed E-state index contributed by atoms with van der Waals surface area (Å²) in [5.41, 5.74) is 8.74. The van der Waals surface area contributed by atoms with Crippen molar-refractivity contribution < 1.29 is 37.7 Å². The van der Waals surface area contributed by atoms with Crippen molar-refractivity contribution in [2.24, 2.45) is 11.1 Å². The third-order valence-corrected chi connectivity index (χ3v) is 8.82. The molecule has 1 unspecified atom stereocenters. The lowest BCUT2D eigenvalue weighted by atomic mass is 9.92. The number of imidazole rings is 1. The van der Waals surface area contributed by atoms with Crippen molar-refractivity contribution in [2.45, 2.75) is 61.0 Å². The van der Waals surface area contributed by atoms with Gasteiger partial charge in [0.15, 0.2) is 28.1 Å². The van der Waals surface area contributed by atoms with Crippen molar-refractivity contribution in [3.05, 3.63) is 52.6 Å². The predicted molar refractivity (Wildman–Crippen MR) is 185 cm³/mol. The smallest absolute Gasteiger partial charge is 0.387 e. The molecule has 14 nitrogen and oxygen atoms in total. The maximum atomic E-state index is 14.1. The van der Waals surface area contributed by atoms with E-state index in [1.807, 2.05) is 51.1 Å². The number of fused-ring (bicyclic) bond motifs is 1. The summed E-state index contributed by atoms with van der Waals surface area (Å²) in [4.78, 5) is 34.2. The Kier molecular flexibility index (Phi) is 16.9. The summed E-state index contributed by atoms with van der Waals surface area (Å²) in [7, 11) is -2.73. The molecule has 0 spiro atoms. The molecule has 268 valence electrons. The van der Waals surface area contributed by atoms with Crippen molar-refractivity contribution in [1.29, 1.82) is 0 Å². The number of aliphatic hydroxyl groups is 2. The summed E-state index contributed by atoms with van der Waals surface area (Å²) in [5.74, 6) is 0.0220. The molecule has 3 heterocycles. The fourth-order valence-electron chi connectivity index (χ4n) is 3.87. The number of aliphatic hydroxyl groups excluding tert-OH is 2. The minimum atomic E-state index is -2.73. The van der Waals surface area contributed by atoms with Gasteiger partial charge in [-0.05, 0) is 12.0 Å². The normalized spacial score (nSPS) is 21.2. The number of ether oxygens (including phenoxy) is 1. The molecule has 2 aromatic heterocycles. The number of aromatic amines is 1. The maximum Gasteiger partial charge on any atom is 0.697 e. The zero-order valence-corrected chi connectivity index (χ0v) is 30.8. The molecular formula is C27H37Cl4FN6O8PS+. The van der Waals surface area contributed by atoms with Crippen LogP contribution in [0.5, 0.6) is 0 Å². The van der Waals surface area contributed by atoms with Gasteiger partial charge < -0.3 is 26.4 Å². The molecule has 1 fully saturated rings. The molecule has 1 aliphatic heterocycles. The number of nitrogen functional groups attached to an aromatic ring is 1. The average Bonchev–Trinajstić information content (AvgIpc) is 3.56. The molecule has 0 bridgehead atoms. The van der Waals surface area contributed by atoms with Gasteiger partial charge in [-0.3, -0.25) is 19.1 Å². The number of H-pyrrole nitrogens is 1. The Morgan fingerprint density at radius 3 is 2.40 bits per heavy atom. The van der Waals surface area contributed by atoms with Gasteiger partial charge in [0.05, 0.1) is 6.33 Å². The number of thioether (sulfide) groups is 1. The Morgan fingerprint density at radius 1 is 1.23 bits per heavy atom. The highest BCUT2D eigenvalue weighted by Gasteiger charge is 2.57. The lowest BCUT2D eigenvalue weighted by Gasteiger charge is -2.26. The molecule has 1 aromatic carbocycles. The Labute approximate surface area is 300 Å². The molecule has 4 rings (SSSR count). The van der Waals surface area contributed by atoms with Gasteiger partial charge in [-0.15, -0.1) is 9.05 Å². The summed E-state index contributed by atoms with van der Waals surface area (Å²) in [5, 5.41) is 21.0. The Morgan fingerprint density at radius 2 is 1.85 bits per heavy atom. The van der Waals surface area contributed by atoms with Crippen LogP contribution in [0.3, 0.4) is 0 Å². The number of benzene rings is 1. The largest absolute Gasteiger partial charge is 0.697 e. The van der Waals surface area contributed by atoms with Crippen LogP contribution in [0.1, 0.15) is 39.0 Å².